The van der Waals surface area contributed by atoms with Crippen LogP contribution in [0, 0.1) is 5.82 Å². The lowest BCUT2D eigenvalue weighted by Crippen LogP contribution is -2.03. The lowest BCUT2D eigenvalue weighted by Gasteiger charge is -2.14. The third kappa shape index (κ3) is 5.39. The van der Waals surface area contributed by atoms with Gasteiger partial charge in [-0.25, -0.2) is 4.39 Å². The van der Waals surface area contributed by atoms with Gasteiger partial charge in [-0.3, -0.25) is 0 Å². The van der Waals surface area contributed by atoms with Crippen molar-refractivity contribution in [3.63, 3.8) is 0 Å². The van der Waals surface area contributed by atoms with Crippen LogP contribution in [0.3, 0.4) is 0 Å². The Morgan fingerprint density at radius 3 is 2.39 bits per heavy atom. The van der Waals surface area contributed by atoms with E-state index in [0.29, 0.717) is 24.7 Å². The van der Waals surface area contributed by atoms with Crippen molar-refractivity contribution in [2.24, 2.45) is 0 Å². The summed E-state index contributed by atoms with van der Waals surface area (Å²) in [5.74, 6) is 1.86. The number of hydrogen-bond donors (Lipinski definition) is 1. The van der Waals surface area contributed by atoms with Crippen molar-refractivity contribution < 1.29 is 18.6 Å². The Labute approximate surface area is 164 Å². The van der Waals surface area contributed by atoms with Gasteiger partial charge in [-0.1, -0.05) is 18.2 Å². The molecule has 0 aliphatic carbocycles. The Morgan fingerprint density at radius 1 is 0.857 bits per heavy atom. The summed E-state index contributed by atoms with van der Waals surface area (Å²) in [5.41, 5.74) is 2.84. The van der Waals surface area contributed by atoms with Gasteiger partial charge in [0.05, 0.1) is 13.7 Å². The van der Waals surface area contributed by atoms with Crippen LogP contribution in [-0.4, -0.2) is 13.7 Å². The molecule has 0 aliphatic rings. The zero-order valence-corrected chi connectivity index (χ0v) is 16.1. The van der Waals surface area contributed by atoms with Gasteiger partial charge in [-0.15, -0.1) is 0 Å². The Kier molecular flexibility index (Phi) is 6.73. The highest BCUT2D eigenvalue weighted by atomic mass is 19.1. The SMILES string of the molecule is CCOc1cc(CNc2ccc(OC)cc2)ccc1OCc1cccc(F)c1. The lowest BCUT2D eigenvalue weighted by molar-refractivity contribution is 0.269. The molecule has 0 heterocycles. The molecule has 0 bridgehead atoms. The van der Waals surface area contributed by atoms with E-state index >= 15 is 0 Å². The Bertz CT molecular complexity index is 897. The second-order valence-electron chi connectivity index (χ2n) is 6.21. The second kappa shape index (κ2) is 9.65. The van der Waals surface area contributed by atoms with Gasteiger partial charge in [0.15, 0.2) is 11.5 Å². The van der Waals surface area contributed by atoms with E-state index in [4.69, 9.17) is 14.2 Å². The highest BCUT2D eigenvalue weighted by molar-refractivity contribution is 5.48. The molecule has 0 amide bonds. The number of anilines is 1. The molecule has 28 heavy (non-hydrogen) atoms. The summed E-state index contributed by atoms with van der Waals surface area (Å²) in [4.78, 5) is 0. The van der Waals surface area contributed by atoms with E-state index in [9.17, 15) is 4.39 Å². The van der Waals surface area contributed by atoms with Gasteiger partial charge in [0.2, 0.25) is 0 Å². The van der Waals surface area contributed by atoms with E-state index in [1.54, 1.807) is 13.2 Å². The molecule has 3 aromatic carbocycles. The van der Waals surface area contributed by atoms with Crippen LogP contribution in [0.1, 0.15) is 18.1 Å². The maximum Gasteiger partial charge on any atom is 0.161 e. The number of halogens is 1. The van der Waals surface area contributed by atoms with E-state index in [2.05, 4.69) is 5.32 Å². The molecular formula is C23H24FNO3. The van der Waals surface area contributed by atoms with Gasteiger partial charge in [-0.05, 0) is 66.6 Å². The zero-order chi connectivity index (χ0) is 19.8. The first-order valence-electron chi connectivity index (χ1n) is 9.19. The standard InChI is InChI=1S/C23H24FNO3/c1-3-27-23-14-17(15-25-20-8-10-21(26-2)11-9-20)7-12-22(23)28-16-18-5-4-6-19(24)13-18/h4-14,25H,3,15-16H2,1-2H3. The van der Waals surface area contributed by atoms with Crippen molar-refractivity contribution in [2.45, 2.75) is 20.1 Å². The predicted octanol–water partition coefficient (Wildman–Crippen LogP) is 5.42. The first kappa shape index (κ1) is 19.5. The lowest BCUT2D eigenvalue weighted by atomic mass is 10.2. The van der Waals surface area contributed by atoms with Gasteiger partial charge < -0.3 is 19.5 Å². The fourth-order valence-electron chi connectivity index (χ4n) is 2.75. The van der Waals surface area contributed by atoms with E-state index in [0.717, 1.165) is 22.6 Å². The maximum atomic E-state index is 13.3. The minimum atomic E-state index is -0.272. The summed E-state index contributed by atoms with van der Waals surface area (Å²) in [6.07, 6.45) is 0. The van der Waals surface area contributed by atoms with Gasteiger partial charge in [0.25, 0.3) is 0 Å². The first-order valence-corrected chi connectivity index (χ1v) is 9.19. The Balaban J connectivity index is 1.65. The highest BCUT2D eigenvalue weighted by Crippen LogP contribution is 2.30. The summed E-state index contributed by atoms with van der Waals surface area (Å²) in [5, 5.41) is 3.37. The number of rotatable bonds is 9. The van der Waals surface area contributed by atoms with Crippen molar-refractivity contribution in [2.75, 3.05) is 19.0 Å². The van der Waals surface area contributed by atoms with Gasteiger partial charge >= 0.3 is 0 Å². The minimum absolute atomic E-state index is 0.272. The van der Waals surface area contributed by atoms with Crippen LogP contribution in [0.2, 0.25) is 0 Å². The van der Waals surface area contributed by atoms with E-state index in [-0.39, 0.29) is 12.4 Å². The number of nitrogens with one attached hydrogen (secondary N) is 1. The second-order valence-corrected chi connectivity index (χ2v) is 6.21. The highest BCUT2D eigenvalue weighted by Gasteiger charge is 2.08. The summed E-state index contributed by atoms with van der Waals surface area (Å²) in [6, 6.07) is 20.0. The molecule has 1 N–H and O–H groups in total. The van der Waals surface area contributed by atoms with E-state index < -0.39 is 0 Å². The molecule has 3 rings (SSSR count). The molecule has 0 atom stereocenters. The van der Waals surface area contributed by atoms with Crippen LogP contribution >= 0.6 is 0 Å². The molecule has 0 aliphatic heterocycles. The number of ether oxygens (including phenoxy) is 3. The zero-order valence-electron chi connectivity index (χ0n) is 16.1. The first-order chi connectivity index (χ1) is 13.7. The summed E-state index contributed by atoms with van der Waals surface area (Å²) >= 11 is 0. The van der Waals surface area contributed by atoms with Crippen LogP contribution in [0.15, 0.2) is 66.7 Å². The molecule has 0 fully saturated rings. The van der Waals surface area contributed by atoms with Crippen molar-refractivity contribution in [1.82, 2.24) is 0 Å². The molecule has 146 valence electrons. The van der Waals surface area contributed by atoms with Crippen LogP contribution < -0.4 is 19.5 Å². The molecule has 0 radical (unpaired) electrons. The predicted molar refractivity (Wildman–Crippen MR) is 109 cm³/mol. The van der Waals surface area contributed by atoms with Crippen molar-refractivity contribution in [1.29, 1.82) is 0 Å². The molecular weight excluding hydrogens is 357 g/mol. The molecule has 0 saturated heterocycles. The van der Waals surface area contributed by atoms with Crippen molar-refractivity contribution in [3.05, 3.63) is 83.7 Å². The minimum Gasteiger partial charge on any atom is -0.497 e. The summed E-state index contributed by atoms with van der Waals surface area (Å²) in [6.45, 7) is 3.39. The maximum absolute atomic E-state index is 13.3. The van der Waals surface area contributed by atoms with Gasteiger partial charge in [-0.2, -0.15) is 0 Å². The summed E-state index contributed by atoms with van der Waals surface area (Å²) in [7, 11) is 1.65. The number of hydrogen-bond acceptors (Lipinski definition) is 4. The smallest absolute Gasteiger partial charge is 0.161 e. The molecule has 5 heteroatoms. The van der Waals surface area contributed by atoms with Crippen LogP contribution in [-0.2, 0) is 13.2 Å². The average Bonchev–Trinajstić information content (AvgIpc) is 2.72. The third-order valence-electron chi connectivity index (χ3n) is 4.18. The van der Waals surface area contributed by atoms with Gasteiger partial charge in [0, 0.05) is 12.2 Å². The molecule has 0 unspecified atom stereocenters. The number of benzene rings is 3. The van der Waals surface area contributed by atoms with Gasteiger partial charge in [0.1, 0.15) is 18.2 Å². The van der Waals surface area contributed by atoms with E-state index in [1.165, 1.54) is 12.1 Å². The molecule has 3 aromatic rings. The quantitative estimate of drug-likeness (QED) is 0.537. The largest absolute Gasteiger partial charge is 0.497 e. The number of methoxy groups -OCH3 is 1. The Morgan fingerprint density at radius 2 is 1.68 bits per heavy atom. The van der Waals surface area contributed by atoms with Crippen molar-refractivity contribution >= 4 is 5.69 Å². The fourth-order valence-corrected chi connectivity index (χ4v) is 2.75. The Hall–Kier alpha value is -3.21. The average molecular weight is 381 g/mol. The molecule has 4 nitrogen and oxygen atoms in total. The molecule has 0 spiro atoms. The third-order valence-corrected chi connectivity index (χ3v) is 4.18. The van der Waals surface area contributed by atoms with Crippen LogP contribution in [0.4, 0.5) is 10.1 Å². The van der Waals surface area contributed by atoms with Crippen molar-refractivity contribution in [3.8, 4) is 17.2 Å². The van der Waals surface area contributed by atoms with Crippen LogP contribution in [0.5, 0.6) is 17.2 Å². The van der Waals surface area contributed by atoms with E-state index in [1.807, 2.05) is 55.5 Å². The molecule has 0 aromatic heterocycles. The monoisotopic (exact) mass is 381 g/mol. The molecule has 0 saturated carbocycles. The normalized spacial score (nSPS) is 10.4. The fraction of sp³-hybridized carbons (Fsp3) is 0.217. The summed E-state index contributed by atoms with van der Waals surface area (Å²) < 4.78 is 30.1. The topological polar surface area (TPSA) is 39.7 Å². The van der Waals surface area contributed by atoms with Crippen LogP contribution in [0.25, 0.3) is 0 Å².